The number of thiazole rings is 1. The van der Waals surface area contributed by atoms with Crippen molar-refractivity contribution < 1.29 is 23.7 Å². The third-order valence-corrected chi connectivity index (χ3v) is 9.32. The van der Waals surface area contributed by atoms with Gasteiger partial charge in [-0.05, 0) is 72.1 Å². The van der Waals surface area contributed by atoms with Gasteiger partial charge in [-0.25, -0.2) is 14.8 Å². The first kappa shape index (κ1) is 32.2. The van der Waals surface area contributed by atoms with E-state index in [0.29, 0.717) is 49.6 Å². The number of rotatable bonds is 4. The molecular weight excluding hydrogens is 602 g/mol. The number of fused-ring (bicyclic) bond motifs is 6. The van der Waals surface area contributed by atoms with E-state index in [4.69, 9.17) is 34.0 Å². The zero-order valence-electron chi connectivity index (χ0n) is 27.5. The molecule has 10 nitrogen and oxygen atoms in total. The minimum absolute atomic E-state index is 0.246. The third-order valence-electron chi connectivity index (χ3n) is 8.30. The highest BCUT2D eigenvalue weighted by Crippen LogP contribution is 2.39. The topological polar surface area (TPSA) is 100 Å². The van der Waals surface area contributed by atoms with Crippen LogP contribution < -0.4 is 9.64 Å². The second-order valence-corrected chi connectivity index (χ2v) is 14.2. The van der Waals surface area contributed by atoms with Crippen molar-refractivity contribution in [2.45, 2.75) is 78.1 Å². The van der Waals surface area contributed by atoms with Gasteiger partial charge in [-0.15, -0.1) is 11.3 Å². The van der Waals surface area contributed by atoms with Crippen LogP contribution in [0, 0.1) is 6.92 Å². The number of anilines is 1. The predicted octanol–water partition coefficient (Wildman–Crippen LogP) is 6.50. The van der Waals surface area contributed by atoms with E-state index in [1.165, 1.54) is 0 Å². The quantitative estimate of drug-likeness (QED) is 0.182. The summed E-state index contributed by atoms with van der Waals surface area (Å²) in [7, 11) is 0. The summed E-state index contributed by atoms with van der Waals surface area (Å²) in [4.78, 5) is 26.6. The Hall–Kier alpha value is -3.80. The van der Waals surface area contributed by atoms with Crippen molar-refractivity contribution in [3.63, 3.8) is 0 Å². The monoisotopic (exact) mass is 645 g/mol. The Bertz CT molecular complexity index is 1730. The number of esters is 1. The Morgan fingerprint density at radius 1 is 1.15 bits per heavy atom. The van der Waals surface area contributed by atoms with Crippen LogP contribution in [0.1, 0.15) is 75.3 Å². The maximum absolute atomic E-state index is 13.5. The second kappa shape index (κ2) is 13.1. The van der Waals surface area contributed by atoms with Crippen LogP contribution in [0.2, 0.25) is 0 Å². The SMILES string of the molecule is CCOC(=O)[C@@H](OC(C)(C)C)c1c(C)nc2cc3nn2c1N1CCC(C)(CC1)OC/C=C/COc1ccccc1Cc1cnc-3s1. The number of aryl methyl sites for hydroxylation is 1. The van der Waals surface area contributed by atoms with Gasteiger partial charge in [-0.1, -0.05) is 24.3 Å². The Morgan fingerprint density at radius 3 is 2.67 bits per heavy atom. The first-order chi connectivity index (χ1) is 22.0. The molecule has 1 atom stereocenters. The molecule has 3 aliphatic heterocycles. The molecule has 1 fully saturated rings. The lowest BCUT2D eigenvalue weighted by Gasteiger charge is -2.41. The number of aromatic nitrogens is 4. The Morgan fingerprint density at radius 2 is 1.91 bits per heavy atom. The molecule has 6 bridgehead atoms. The van der Waals surface area contributed by atoms with Gasteiger partial charge in [0.25, 0.3) is 0 Å². The minimum Gasteiger partial charge on any atom is -0.489 e. The first-order valence-electron chi connectivity index (χ1n) is 16.0. The number of piperidine rings is 1. The molecule has 11 heteroatoms. The van der Waals surface area contributed by atoms with Crippen molar-refractivity contribution in [2.24, 2.45) is 0 Å². The summed E-state index contributed by atoms with van der Waals surface area (Å²) in [6, 6.07) is 10.1. The molecule has 3 aliphatic rings. The molecule has 4 aromatic rings. The summed E-state index contributed by atoms with van der Waals surface area (Å²) in [5, 5.41) is 5.88. The third kappa shape index (κ3) is 6.96. The van der Waals surface area contributed by atoms with Crippen LogP contribution in [0.3, 0.4) is 0 Å². The van der Waals surface area contributed by atoms with Crippen molar-refractivity contribution in [1.29, 1.82) is 0 Å². The Balaban J connectivity index is 1.49. The lowest BCUT2D eigenvalue weighted by molar-refractivity contribution is -0.166. The normalized spacial score (nSPS) is 18.2. The molecule has 0 radical (unpaired) electrons. The fourth-order valence-electron chi connectivity index (χ4n) is 5.97. The van der Waals surface area contributed by atoms with Gasteiger partial charge in [-0.2, -0.15) is 9.61 Å². The van der Waals surface area contributed by atoms with Crippen LogP contribution >= 0.6 is 11.3 Å². The van der Waals surface area contributed by atoms with Crippen LogP contribution in [0.15, 0.2) is 48.7 Å². The van der Waals surface area contributed by atoms with Gasteiger partial charge >= 0.3 is 5.97 Å². The lowest BCUT2D eigenvalue weighted by Crippen LogP contribution is -2.45. The van der Waals surface area contributed by atoms with Gasteiger partial charge in [0.1, 0.15) is 28.9 Å². The molecule has 7 rings (SSSR count). The Labute approximate surface area is 274 Å². The molecular formula is C35H43N5O5S. The zero-order chi connectivity index (χ0) is 32.5. The van der Waals surface area contributed by atoms with Crippen LogP contribution in [-0.2, 0) is 25.4 Å². The molecule has 244 valence electrons. The van der Waals surface area contributed by atoms with Gasteiger partial charge in [-0.3, -0.25) is 0 Å². The predicted molar refractivity (Wildman–Crippen MR) is 179 cm³/mol. The average molecular weight is 646 g/mol. The first-order valence-corrected chi connectivity index (χ1v) is 16.8. The van der Waals surface area contributed by atoms with E-state index in [2.05, 4.69) is 17.9 Å². The van der Waals surface area contributed by atoms with Gasteiger partial charge in [0, 0.05) is 42.3 Å². The largest absolute Gasteiger partial charge is 0.489 e. The minimum atomic E-state index is -0.978. The van der Waals surface area contributed by atoms with Gasteiger partial charge in [0.2, 0.25) is 0 Å². The van der Waals surface area contributed by atoms with Crippen molar-refractivity contribution in [1.82, 2.24) is 19.6 Å². The van der Waals surface area contributed by atoms with E-state index in [-0.39, 0.29) is 12.2 Å². The maximum atomic E-state index is 13.5. The summed E-state index contributed by atoms with van der Waals surface area (Å²) in [5.41, 5.74) is 2.95. The number of nitrogens with zero attached hydrogens (tertiary/aromatic N) is 5. The summed E-state index contributed by atoms with van der Waals surface area (Å²) >= 11 is 1.60. The molecule has 46 heavy (non-hydrogen) atoms. The number of ether oxygens (including phenoxy) is 4. The van der Waals surface area contributed by atoms with Crippen LogP contribution in [-0.4, -0.2) is 69.7 Å². The molecule has 3 aromatic heterocycles. The van der Waals surface area contributed by atoms with Crippen molar-refractivity contribution in [2.75, 3.05) is 37.8 Å². The highest BCUT2D eigenvalue weighted by atomic mass is 32.1. The number of benzene rings is 1. The molecule has 6 heterocycles. The van der Waals surface area contributed by atoms with Gasteiger partial charge in [0.15, 0.2) is 11.8 Å². The molecule has 0 spiro atoms. The number of hydrogen-bond donors (Lipinski definition) is 0. The van der Waals surface area contributed by atoms with E-state index in [1.807, 2.05) is 74.8 Å². The lowest BCUT2D eigenvalue weighted by atomic mass is 9.92. The summed E-state index contributed by atoms with van der Waals surface area (Å²) in [6.07, 6.45) is 7.25. The molecule has 0 unspecified atom stereocenters. The average Bonchev–Trinajstić information content (AvgIpc) is 3.65. The molecule has 0 saturated carbocycles. The number of hydrogen-bond acceptors (Lipinski definition) is 10. The van der Waals surface area contributed by atoms with Crippen LogP contribution in [0.4, 0.5) is 5.82 Å². The van der Waals surface area contributed by atoms with Crippen molar-refractivity contribution >= 4 is 28.8 Å². The highest BCUT2D eigenvalue weighted by molar-refractivity contribution is 7.15. The summed E-state index contributed by atoms with van der Waals surface area (Å²) in [5.74, 6) is 1.20. The van der Waals surface area contributed by atoms with E-state index in [9.17, 15) is 4.79 Å². The number of para-hydroxylation sites is 1. The number of carbonyl (C=O) groups is 1. The Kier molecular flexibility index (Phi) is 9.18. The van der Waals surface area contributed by atoms with Gasteiger partial charge in [0.05, 0.1) is 30.0 Å². The van der Waals surface area contributed by atoms with Crippen molar-refractivity contribution in [3.05, 3.63) is 70.4 Å². The zero-order valence-corrected chi connectivity index (χ0v) is 28.4. The maximum Gasteiger partial charge on any atom is 0.340 e. The van der Waals surface area contributed by atoms with E-state index in [0.717, 1.165) is 45.6 Å². The van der Waals surface area contributed by atoms with E-state index >= 15 is 0 Å². The standard InChI is InChI=1S/C35H43N5O5S/c1-7-42-33(41)30(45-34(3,4)5)29-23(2)37-28-21-26-31-36-22-25(46-31)20-24-12-8-9-13-27(24)43-18-10-11-19-44-35(6)14-16-39(17-15-35)32(29)40(28)38-26/h8-13,21-22,30H,7,14-20H2,1-6H3/b11-10+/t30-/m0/s1. The van der Waals surface area contributed by atoms with Gasteiger partial charge < -0.3 is 23.8 Å². The molecule has 0 amide bonds. The molecule has 1 aromatic carbocycles. The number of carbonyl (C=O) groups excluding carboxylic acids is 1. The highest BCUT2D eigenvalue weighted by Gasteiger charge is 2.38. The van der Waals surface area contributed by atoms with Crippen molar-refractivity contribution in [3.8, 4) is 16.5 Å². The second-order valence-electron chi connectivity index (χ2n) is 13.0. The molecule has 0 N–H and O–H groups in total. The fourth-order valence-corrected chi connectivity index (χ4v) is 6.86. The summed E-state index contributed by atoms with van der Waals surface area (Å²) in [6.45, 7) is 14.3. The van der Waals surface area contributed by atoms with Crippen LogP contribution in [0.5, 0.6) is 5.75 Å². The van der Waals surface area contributed by atoms with Crippen LogP contribution in [0.25, 0.3) is 16.3 Å². The smallest absolute Gasteiger partial charge is 0.340 e. The molecule has 1 saturated heterocycles. The fraction of sp³-hybridized carbons (Fsp3) is 0.486. The van der Waals surface area contributed by atoms with E-state index < -0.39 is 17.7 Å². The summed E-state index contributed by atoms with van der Waals surface area (Å²) < 4.78 is 26.4. The molecule has 0 aliphatic carbocycles. The van der Waals surface area contributed by atoms with E-state index in [1.54, 1.807) is 18.3 Å².